The van der Waals surface area contributed by atoms with Crippen molar-refractivity contribution in [1.82, 2.24) is 24.3 Å². The lowest BCUT2D eigenvalue weighted by molar-refractivity contribution is 0.494. The van der Waals surface area contributed by atoms with Crippen LogP contribution in [0.5, 0.6) is 0 Å². The molecule has 10 nitrogen and oxygen atoms in total. The molecule has 0 saturated carbocycles. The van der Waals surface area contributed by atoms with E-state index in [2.05, 4.69) is 15.0 Å². The standard InChI is InChI=1S/C21H23N7O3/c1-2-27-18-15(24-20(27)26-9-5-6-13(22)11-26)10-23-28(19(18)29)12-16-14-7-3-4-8-17(14)31-21(30)25-16/h3-4,7-8,10,13H,2,5-6,9,11-12,22H2,1H3. The highest BCUT2D eigenvalue weighted by Crippen LogP contribution is 2.23. The van der Waals surface area contributed by atoms with E-state index in [0.29, 0.717) is 40.8 Å². The average Bonchev–Trinajstić information content (AvgIpc) is 3.15. The number of fused-ring (bicyclic) bond motifs is 2. The van der Waals surface area contributed by atoms with E-state index in [1.807, 2.05) is 17.6 Å². The minimum absolute atomic E-state index is 0.0553. The van der Waals surface area contributed by atoms with E-state index in [-0.39, 0.29) is 18.1 Å². The first-order chi connectivity index (χ1) is 15.0. The predicted octanol–water partition coefficient (Wildman–Crippen LogP) is 1.09. The minimum atomic E-state index is -0.704. The van der Waals surface area contributed by atoms with Crippen LogP contribution in [-0.4, -0.2) is 43.4 Å². The second kappa shape index (κ2) is 7.62. The molecule has 31 heavy (non-hydrogen) atoms. The molecule has 3 aromatic heterocycles. The fourth-order valence-electron chi connectivity index (χ4n) is 4.26. The molecule has 4 heterocycles. The summed E-state index contributed by atoms with van der Waals surface area (Å²) in [7, 11) is 0. The Morgan fingerprint density at radius 1 is 1.23 bits per heavy atom. The van der Waals surface area contributed by atoms with Crippen molar-refractivity contribution < 1.29 is 4.42 Å². The maximum atomic E-state index is 13.4. The number of para-hydroxylation sites is 1. The molecule has 1 unspecified atom stereocenters. The van der Waals surface area contributed by atoms with E-state index in [1.165, 1.54) is 4.68 Å². The number of nitrogens with zero attached hydrogens (tertiary/aromatic N) is 6. The fourth-order valence-corrected chi connectivity index (χ4v) is 4.26. The lowest BCUT2D eigenvalue weighted by Crippen LogP contribution is -2.44. The zero-order valence-corrected chi connectivity index (χ0v) is 17.2. The first-order valence-corrected chi connectivity index (χ1v) is 10.4. The van der Waals surface area contributed by atoms with Gasteiger partial charge in [0, 0.05) is 31.1 Å². The summed E-state index contributed by atoms with van der Waals surface area (Å²) in [5.74, 6) is 0.0402. The molecule has 1 aliphatic rings. The minimum Gasteiger partial charge on any atom is -0.408 e. The smallest absolute Gasteiger partial charge is 0.408 e. The summed E-state index contributed by atoms with van der Waals surface area (Å²) in [6.45, 7) is 4.19. The highest BCUT2D eigenvalue weighted by Gasteiger charge is 2.24. The van der Waals surface area contributed by atoms with E-state index in [1.54, 1.807) is 24.4 Å². The third-order valence-electron chi connectivity index (χ3n) is 5.71. The Kier molecular flexibility index (Phi) is 4.78. The molecule has 1 aromatic carbocycles. The largest absolute Gasteiger partial charge is 0.439 e. The fraction of sp³-hybridized carbons (Fsp3) is 0.381. The Bertz CT molecular complexity index is 1390. The second-order valence-electron chi connectivity index (χ2n) is 7.77. The van der Waals surface area contributed by atoms with E-state index in [4.69, 9.17) is 15.1 Å². The topological polar surface area (TPSA) is 125 Å². The molecule has 4 aromatic rings. The zero-order valence-electron chi connectivity index (χ0n) is 17.2. The molecule has 0 amide bonds. The van der Waals surface area contributed by atoms with Crippen molar-refractivity contribution >= 4 is 28.0 Å². The quantitative estimate of drug-likeness (QED) is 0.519. The van der Waals surface area contributed by atoms with Crippen LogP contribution >= 0.6 is 0 Å². The number of rotatable bonds is 4. The first-order valence-electron chi connectivity index (χ1n) is 10.4. The van der Waals surface area contributed by atoms with Crippen molar-refractivity contribution in [1.29, 1.82) is 0 Å². The molecule has 1 atom stereocenters. The van der Waals surface area contributed by atoms with Crippen LogP contribution in [-0.2, 0) is 13.1 Å². The van der Waals surface area contributed by atoms with Gasteiger partial charge in [-0.2, -0.15) is 10.1 Å². The Labute approximate surface area is 176 Å². The number of hydrogen-bond donors (Lipinski definition) is 1. The van der Waals surface area contributed by atoms with Crippen LogP contribution < -0.4 is 21.9 Å². The van der Waals surface area contributed by atoms with Gasteiger partial charge in [0.05, 0.1) is 18.4 Å². The lowest BCUT2D eigenvalue weighted by Gasteiger charge is -2.31. The van der Waals surface area contributed by atoms with Gasteiger partial charge in [0.2, 0.25) is 5.95 Å². The number of hydrogen-bond acceptors (Lipinski definition) is 8. The molecule has 5 rings (SSSR count). The van der Waals surface area contributed by atoms with Crippen molar-refractivity contribution in [2.24, 2.45) is 5.73 Å². The van der Waals surface area contributed by atoms with Gasteiger partial charge in [-0.3, -0.25) is 4.79 Å². The molecule has 0 radical (unpaired) electrons. The van der Waals surface area contributed by atoms with Crippen LogP contribution in [0, 0.1) is 0 Å². The maximum absolute atomic E-state index is 13.4. The van der Waals surface area contributed by atoms with Gasteiger partial charge in [-0.25, -0.2) is 14.5 Å². The van der Waals surface area contributed by atoms with Crippen LogP contribution in [0.3, 0.4) is 0 Å². The van der Waals surface area contributed by atoms with Gasteiger partial charge in [0.15, 0.2) is 0 Å². The lowest BCUT2D eigenvalue weighted by atomic mass is 10.1. The summed E-state index contributed by atoms with van der Waals surface area (Å²) in [6.07, 6.45) is 3.57. The van der Waals surface area contributed by atoms with E-state index in [9.17, 15) is 9.59 Å². The molecule has 2 N–H and O–H groups in total. The van der Waals surface area contributed by atoms with Gasteiger partial charge in [0.25, 0.3) is 5.56 Å². The SMILES string of the molecule is CCn1c(N2CCCC(N)C2)nc2cnn(Cc3nc(=O)oc4ccccc34)c(=O)c21. The maximum Gasteiger partial charge on any atom is 0.439 e. The van der Waals surface area contributed by atoms with Crippen molar-refractivity contribution in [3.05, 3.63) is 57.1 Å². The zero-order chi connectivity index (χ0) is 21.5. The Morgan fingerprint density at radius 2 is 2.06 bits per heavy atom. The van der Waals surface area contributed by atoms with Gasteiger partial charge < -0.3 is 19.6 Å². The first kappa shape index (κ1) is 19.4. The Hall–Kier alpha value is -3.53. The van der Waals surface area contributed by atoms with Crippen LogP contribution in [0.15, 0.2) is 44.5 Å². The van der Waals surface area contributed by atoms with E-state index in [0.717, 1.165) is 25.3 Å². The van der Waals surface area contributed by atoms with Crippen molar-refractivity contribution in [2.45, 2.75) is 38.9 Å². The molecule has 0 bridgehead atoms. The average molecular weight is 421 g/mol. The molecule has 1 saturated heterocycles. The third kappa shape index (κ3) is 3.38. The molecule has 10 heteroatoms. The Morgan fingerprint density at radius 3 is 2.87 bits per heavy atom. The summed E-state index contributed by atoms with van der Waals surface area (Å²) in [6, 6.07) is 7.20. The second-order valence-corrected chi connectivity index (χ2v) is 7.77. The molecule has 1 fully saturated rings. The van der Waals surface area contributed by atoms with E-state index < -0.39 is 5.76 Å². The van der Waals surface area contributed by atoms with Gasteiger partial charge in [-0.05, 0) is 31.9 Å². The number of nitrogens with two attached hydrogens (primary N) is 1. The van der Waals surface area contributed by atoms with Crippen molar-refractivity contribution in [2.75, 3.05) is 18.0 Å². The molecular formula is C21H23N7O3. The van der Waals surface area contributed by atoms with Gasteiger partial charge in [-0.1, -0.05) is 12.1 Å². The summed E-state index contributed by atoms with van der Waals surface area (Å²) in [5, 5.41) is 4.97. The summed E-state index contributed by atoms with van der Waals surface area (Å²) < 4.78 is 8.38. The van der Waals surface area contributed by atoms with Crippen LogP contribution in [0.4, 0.5) is 5.95 Å². The molecule has 0 spiro atoms. The highest BCUT2D eigenvalue weighted by molar-refractivity contribution is 5.79. The van der Waals surface area contributed by atoms with Crippen LogP contribution in [0.2, 0.25) is 0 Å². The summed E-state index contributed by atoms with van der Waals surface area (Å²) in [4.78, 5) is 36.1. The number of aryl methyl sites for hydroxylation is 1. The summed E-state index contributed by atoms with van der Waals surface area (Å²) >= 11 is 0. The van der Waals surface area contributed by atoms with E-state index >= 15 is 0 Å². The molecule has 160 valence electrons. The molecule has 0 aliphatic carbocycles. The van der Waals surface area contributed by atoms with Gasteiger partial charge >= 0.3 is 5.76 Å². The molecule has 1 aliphatic heterocycles. The third-order valence-corrected chi connectivity index (χ3v) is 5.71. The van der Waals surface area contributed by atoms with Crippen molar-refractivity contribution in [3.63, 3.8) is 0 Å². The van der Waals surface area contributed by atoms with Crippen LogP contribution in [0.1, 0.15) is 25.5 Å². The number of benzene rings is 1. The van der Waals surface area contributed by atoms with Gasteiger partial charge in [-0.15, -0.1) is 0 Å². The molecular weight excluding hydrogens is 398 g/mol. The van der Waals surface area contributed by atoms with Crippen LogP contribution in [0.25, 0.3) is 22.0 Å². The number of anilines is 1. The normalized spacial score (nSPS) is 17.0. The Balaban J connectivity index is 1.61. The number of imidazole rings is 1. The number of aromatic nitrogens is 5. The monoisotopic (exact) mass is 421 g/mol. The summed E-state index contributed by atoms with van der Waals surface area (Å²) in [5.41, 5.74) is 7.76. The number of piperidine rings is 1. The predicted molar refractivity (Wildman–Crippen MR) is 116 cm³/mol. The van der Waals surface area contributed by atoms with Gasteiger partial charge in [0.1, 0.15) is 16.6 Å². The van der Waals surface area contributed by atoms with Crippen molar-refractivity contribution in [3.8, 4) is 0 Å². The highest BCUT2D eigenvalue weighted by atomic mass is 16.4.